The minimum atomic E-state index is -0.926. The van der Waals surface area contributed by atoms with Crippen LogP contribution in [0.4, 0.5) is 0 Å². The summed E-state index contributed by atoms with van der Waals surface area (Å²) in [6.45, 7) is 2.07. The van der Waals surface area contributed by atoms with Crippen molar-refractivity contribution in [2.24, 2.45) is 11.8 Å². The number of aliphatic carboxylic acids is 1. The molecule has 0 fully saturated rings. The molecule has 1 aliphatic heterocycles. The Morgan fingerprint density at radius 1 is 1.17 bits per heavy atom. The van der Waals surface area contributed by atoms with Crippen LogP contribution >= 0.6 is 0 Å². The van der Waals surface area contributed by atoms with Gasteiger partial charge in [-0.2, -0.15) is 0 Å². The Bertz CT molecular complexity index is 654. The van der Waals surface area contributed by atoms with Crippen molar-refractivity contribution in [1.29, 1.82) is 0 Å². The zero-order valence-electron chi connectivity index (χ0n) is 12.8. The summed E-state index contributed by atoms with van der Waals surface area (Å²) in [5.74, 6) is -1.00. The molecule has 0 saturated carbocycles. The fourth-order valence-corrected chi connectivity index (χ4v) is 2.96. The van der Waals surface area contributed by atoms with Crippen LogP contribution in [-0.4, -0.2) is 23.8 Å². The van der Waals surface area contributed by atoms with Crippen molar-refractivity contribution in [3.63, 3.8) is 0 Å². The predicted octanol–water partition coefficient (Wildman–Crippen LogP) is 2.26. The van der Waals surface area contributed by atoms with E-state index >= 15 is 0 Å². The molecule has 6 nitrogen and oxygen atoms in total. The lowest BCUT2D eigenvalue weighted by Crippen LogP contribution is -2.39. The summed E-state index contributed by atoms with van der Waals surface area (Å²) in [4.78, 5) is 23.8. The molecular weight excluding hydrogens is 298 g/mol. The van der Waals surface area contributed by atoms with Gasteiger partial charge in [-0.05, 0) is 37.5 Å². The Kier molecular flexibility index (Phi) is 4.23. The minimum absolute atomic E-state index is 0.203. The molecule has 6 heteroatoms. The van der Waals surface area contributed by atoms with Crippen LogP contribution < -0.4 is 14.8 Å². The van der Waals surface area contributed by atoms with Gasteiger partial charge in [0.05, 0.1) is 17.9 Å². The number of carboxylic acid groups (broad SMARTS) is 1. The van der Waals surface area contributed by atoms with Gasteiger partial charge in [0.2, 0.25) is 12.7 Å². The highest BCUT2D eigenvalue weighted by Gasteiger charge is 2.34. The molecule has 3 atom stereocenters. The number of fused-ring (bicyclic) bond motifs is 1. The molecule has 0 saturated heterocycles. The Morgan fingerprint density at radius 2 is 1.87 bits per heavy atom. The molecule has 0 aromatic heterocycles. The van der Waals surface area contributed by atoms with Gasteiger partial charge in [-0.1, -0.05) is 18.2 Å². The third-order valence-corrected chi connectivity index (χ3v) is 4.34. The van der Waals surface area contributed by atoms with E-state index in [1.165, 1.54) is 0 Å². The Morgan fingerprint density at radius 3 is 2.61 bits per heavy atom. The maximum atomic E-state index is 12.5. The topological polar surface area (TPSA) is 84.9 Å². The molecule has 3 rings (SSSR count). The first-order valence-electron chi connectivity index (χ1n) is 7.64. The van der Waals surface area contributed by atoms with Gasteiger partial charge in [0.25, 0.3) is 0 Å². The summed E-state index contributed by atoms with van der Waals surface area (Å²) < 4.78 is 10.6. The third kappa shape index (κ3) is 3.16. The van der Waals surface area contributed by atoms with Crippen molar-refractivity contribution < 1.29 is 24.2 Å². The van der Waals surface area contributed by atoms with Crippen molar-refractivity contribution in [3.05, 3.63) is 35.9 Å². The van der Waals surface area contributed by atoms with E-state index in [1.54, 1.807) is 0 Å². The number of allylic oxidation sites excluding steroid dienone is 2. The van der Waals surface area contributed by atoms with Gasteiger partial charge in [-0.15, -0.1) is 0 Å². The second-order valence-electron chi connectivity index (χ2n) is 5.84. The third-order valence-electron chi connectivity index (χ3n) is 4.34. The van der Waals surface area contributed by atoms with Crippen molar-refractivity contribution in [1.82, 2.24) is 5.32 Å². The first-order chi connectivity index (χ1) is 11.1. The Balaban J connectivity index is 1.69. The fraction of sp³-hybridized carbons (Fsp3) is 0.412. The largest absolute Gasteiger partial charge is 0.481 e. The zero-order chi connectivity index (χ0) is 16.4. The van der Waals surface area contributed by atoms with Crippen LogP contribution in [0.2, 0.25) is 0 Å². The average molecular weight is 317 g/mol. The molecule has 2 aliphatic rings. The lowest BCUT2D eigenvalue weighted by atomic mass is 9.82. The van der Waals surface area contributed by atoms with Crippen LogP contribution in [0.1, 0.15) is 31.4 Å². The van der Waals surface area contributed by atoms with Crippen molar-refractivity contribution in [2.45, 2.75) is 25.8 Å². The van der Waals surface area contributed by atoms with Gasteiger partial charge in [0, 0.05) is 0 Å². The highest BCUT2D eigenvalue weighted by atomic mass is 16.7. The van der Waals surface area contributed by atoms with Crippen molar-refractivity contribution >= 4 is 11.9 Å². The second kappa shape index (κ2) is 6.32. The number of carbonyl (C=O) groups is 2. The molecule has 0 unspecified atom stereocenters. The van der Waals surface area contributed by atoms with Crippen LogP contribution in [0.15, 0.2) is 30.4 Å². The minimum Gasteiger partial charge on any atom is -0.481 e. The Hall–Kier alpha value is -2.50. The smallest absolute Gasteiger partial charge is 0.307 e. The van der Waals surface area contributed by atoms with E-state index in [1.807, 2.05) is 37.3 Å². The number of carboxylic acids is 1. The maximum absolute atomic E-state index is 12.5. The molecule has 1 heterocycles. The van der Waals surface area contributed by atoms with E-state index in [2.05, 4.69) is 5.32 Å². The normalized spacial score (nSPS) is 23.3. The first-order valence-corrected chi connectivity index (χ1v) is 7.64. The van der Waals surface area contributed by atoms with E-state index in [-0.39, 0.29) is 18.7 Å². The van der Waals surface area contributed by atoms with Crippen LogP contribution in [0.3, 0.4) is 0 Å². The number of hydrogen-bond donors (Lipinski definition) is 2. The van der Waals surface area contributed by atoms with Gasteiger partial charge in [0.1, 0.15) is 0 Å². The molecule has 23 heavy (non-hydrogen) atoms. The van der Waals surface area contributed by atoms with Crippen LogP contribution in [0.5, 0.6) is 11.5 Å². The van der Waals surface area contributed by atoms with Gasteiger partial charge in [-0.25, -0.2) is 0 Å². The molecule has 0 bridgehead atoms. The Labute approximate surface area is 134 Å². The molecule has 1 aliphatic carbocycles. The summed E-state index contributed by atoms with van der Waals surface area (Å²) in [6, 6.07) is 5.28. The van der Waals surface area contributed by atoms with Gasteiger partial charge < -0.3 is 19.9 Å². The van der Waals surface area contributed by atoms with Crippen LogP contribution in [0.25, 0.3) is 0 Å². The molecule has 122 valence electrons. The quantitative estimate of drug-likeness (QED) is 0.832. The lowest BCUT2D eigenvalue weighted by molar-refractivity contribution is -0.147. The number of amides is 1. The molecular formula is C17H19NO5. The van der Waals surface area contributed by atoms with Crippen molar-refractivity contribution in [3.8, 4) is 11.5 Å². The number of hydrogen-bond acceptors (Lipinski definition) is 4. The standard InChI is InChI=1S/C17H19NO5/c1-10(11-6-7-14-15(8-11)23-9-22-14)18-16(19)12-4-2-3-5-13(12)17(20)21/h2-3,6-8,10,12-13H,4-5,9H2,1H3,(H,18,19)(H,20,21)/t10-,12-,13-/m0/s1. The van der Waals surface area contributed by atoms with E-state index in [4.69, 9.17) is 9.47 Å². The predicted molar refractivity (Wildman–Crippen MR) is 82.1 cm³/mol. The van der Waals surface area contributed by atoms with Gasteiger partial charge in [-0.3, -0.25) is 9.59 Å². The SMILES string of the molecule is C[C@H](NC(=O)[C@H]1CC=CC[C@@H]1C(=O)O)c1ccc2c(c1)OCO2. The molecule has 1 aromatic carbocycles. The number of rotatable bonds is 4. The van der Waals surface area contributed by atoms with Crippen LogP contribution in [0, 0.1) is 11.8 Å². The highest BCUT2D eigenvalue weighted by Crippen LogP contribution is 2.34. The van der Waals surface area contributed by atoms with Crippen molar-refractivity contribution in [2.75, 3.05) is 6.79 Å². The summed E-state index contributed by atoms with van der Waals surface area (Å²) in [5, 5.41) is 12.2. The summed E-state index contributed by atoms with van der Waals surface area (Å²) in [5.41, 5.74) is 0.890. The molecule has 1 amide bonds. The first kappa shape index (κ1) is 15.4. The fourth-order valence-electron chi connectivity index (χ4n) is 2.96. The zero-order valence-corrected chi connectivity index (χ0v) is 12.8. The second-order valence-corrected chi connectivity index (χ2v) is 5.84. The van der Waals surface area contributed by atoms with E-state index in [0.717, 1.165) is 5.56 Å². The van der Waals surface area contributed by atoms with Crippen LogP contribution in [-0.2, 0) is 9.59 Å². The summed E-state index contributed by atoms with van der Waals surface area (Å²) in [6.07, 6.45) is 4.54. The van der Waals surface area contributed by atoms with E-state index in [0.29, 0.717) is 24.3 Å². The molecule has 0 radical (unpaired) electrons. The van der Waals surface area contributed by atoms with Gasteiger partial charge >= 0.3 is 5.97 Å². The van der Waals surface area contributed by atoms with E-state index in [9.17, 15) is 14.7 Å². The van der Waals surface area contributed by atoms with Gasteiger partial charge in [0.15, 0.2) is 11.5 Å². The average Bonchev–Trinajstić information content (AvgIpc) is 3.02. The summed E-state index contributed by atoms with van der Waals surface area (Å²) >= 11 is 0. The maximum Gasteiger partial charge on any atom is 0.307 e. The molecule has 0 spiro atoms. The number of benzene rings is 1. The monoisotopic (exact) mass is 317 g/mol. The summed E-state index contributed by atoms with van der Waals surface area (Å²) in [7, 11) is 0. The number of nitrogens with one attached hydrogen (secondary N) is 1. The van der Waals surface area contributed by atoms with E-state index < -0.39 is 17.8 Å². The molecule has 1 aromatic rings. The highest BCUT2D eigenvalue weighted by molar-refractivity contribution is 5.85. The molecule has 2 N–H and O–H groups in total. The number of carbonyl (C=O) groups excluding carboxylic acids is 1. The number of ether oxygens (including phenoxy) is 2. The lowest BCUT2D eigenvalue weighted by Gasteiger charge is -2.26.